The number of aryl methyl sites for hydroxylation is 1. The van der Waals surface area contributed by atoms with Crippen molar-refractivity contribution in [3.63, 3.8) is 0 Å². The minimum atomic E-state index is -1.14. The Labute approximate surface area is 103 Å². The van der Waals surface area contributed by atoms with Crippen LogP contribution in [0.5, 0.6) is 0 Å². The second-order valence-corrected chi connectivity index (χ2v) is 4.64. The van der Waals surface area contributed by atoms with Crippen LogP contribution in [-0.4, -0.2) is 57.0 Å². The fourth-order valence-corrected chi connectivity index (χ4v) is 2.65. The predicted molar refractivity (Wildman–Crippen MR) is 59.3 cm³/mol. The van der Waals surface area contributed by atoms with E-state index < -0.39 is 5.97 Å². The average Bonchev–Trinajstić information content (AvgIpc) is 3.01. The van der Waals surface area contributed by atoms with Gasteiger partial charge in [-0.05, 0) is 6.42 Å². The van der Waals surface area contributed by atoms with Crippen LogP contribution in [0.1, 0.15) is 27.3 Å². The summed E-state index contributed by atoms with van der Waals surface area (Å²) in [5, 5.41) is 13.0. The van der Waals surface area contributed by atoms with E-state index in [9.17, 15) is 9.59 Å². The summed E-state index contributed by atoms with van der Waals surface area (Å²) in [6.07, 6.45) is 2.26. The minimum absolute atomic E-state index is 0.0660. The summed E-state index contributed by atoms with van der Waals surface area (Å²) in [4.78, 5) is 25.1. The van der Waals surface area contributed by atoms with Crippen LogP contribution in [0.2, 0.25) is 0 Å². The van der Waals surface area contributed by atoms with Gasteiger partial charge in [0.15, 0.2) is 5.69 Å². The molecule has 1 N–H and O–H groups in total. The molecule has 1 amide bonds. The molecule has 2 bridgehead atoms. The fraction of sp³-hybridized carbons (Fsp3) is 0.545. The van der Waals surface area contributed by atoms with Crippen molar-refractivity contribution in [2.75, 3.05) is 13.2 Å². The van der Waals surface area contributed by atoms with E-state index >= 15 is 0 Å². The zero-order valence-electron chi connectivity index (χ0n) is 9.87. The number of aromatic nitrogens is 2. The molecule has 0 spiro atoms. The highest BCUT2D eigenvalue weighted by molar-refractivity contribution is 6.03. The summed E-state index contributed by atoms with van der Waals surface area (Å²) in [6, 6.07) is 0.0735. The first-order chi connectivity index (χ1) is 8.58. The van der Waals surface area contributed by atoms with Crippen LogP contribution in [0.4, 0.5) is 0 Å². The Morgan fingerprint density at radius 3 is 2.89 bits per heavy atom. The van der Waals surface area contributed by atoms with E-state index in [1.165, 1.54) is 17.9 Å². The van der Waals surface area contributed by atoms with Crippen LogP contribution >= 0.6 is 0 Å². The molecule has 2 aliphatic rings. The molecule has 0 unspecified atom stereocenters. The normalized spacial score (nSPS) is 25.7. The van der Waals surface area contributed by atoms with Gasteiger partial charge in [0.05, 0.1) is 30.5 Å². The third kappa shape index (κ3) is 1.51. The fourth-order valence-electron chi connectivity index (χ4n) is 2.65. The average molecular weight is 251 g/mol. The van der Waals surface area contributed by atoms with Gasteiger partial charge in [0.2, 0.25) is 0 Å². The molecule has 3 heterocycles. The summed E-state index contributed by atoms with van der Waals surface area (Å²) in [7, 11) is 1.51. The van der Waals surface area contributed by atoms with E-state index in [0.717, 1.165) is 6.42 Å². The second kappa shape index (κ2) is 3.81. The van der Waals surface area contributed by atoms with Crippen molar-refractivity contribution < 1.29 is 19.4 Å². The molecule has 3 rings (SSSR count). The van der Waals surface area contributed by atoms with E-state index in [2.05, 4.69) is 5.10 Å². The monoisotopic (exact) mass is 251 g/mol. The van der Waals surface area contributed by atoms with E-state index in [1.54, 1.807) is 4.90 Å². The summed E-state index contributed by atoms with van der Waals surface area (Å²) in [5.74, 6) is -1.41. The van der Waals surface area contributed by atoms with Gasteiger partial charge in [0.25, 0.3) is 5.91 Å². The van der Waals surface area contributed by atoms with E-state index in [4.69, 9.17) is 9.84 Å². The molecule has 18 heavy (non-hydrogen) atoms. The molecule has 2 atom stereocenters. The maximum Gasteiger partial charge on any atom is 0.354 e. The Morgan fingerprint density at radius 1 is 1.56 bits per heavy atom. The zero-order valence-corrected chi connectivity index (χ0v) is 9.87. The predicted octanol–water partition coefficient (Wildman–Crippen LogP) is -0.268. The van der Waals surface area contributed by atoms with Crippen molar-refractivity contribution in [1.82, 2.24) is 14.7 Å². The number of carbonyl (C=O) groups is 2. The molecule has 1 aromatic heterocycles. The Hall–Kier alpha value is -1.89. The van der Waals surface area contributed by atoms with Crippen LogP contribution in [0.15, 0.2) is 6.20 Å². The number of likely N-dealkylation sites (tertiary alicyclic amines) is 1. The first kappa shape index (κ1) is 11.2. The number of hydrogen-bond donors (Lipinski definition) is 1. The Balaban J connectivity index is 1.91. The first-order valence-corrected chi connectivity index (χ1v) is 5.75. The van der Waals surface area contributed by atoms with E-state index in [-0.39, 0.29) is 29.3 Å². The van der Waals surface area contributed by atoms with Crippen LogP contribution < -0.4 is 0 Å². The van der Waals surface area contributed by atoms with Gasteiger partial charge in [-0.25, -0.2) is 4.79 Å². The lowest BCUT2D eigenvalue weighted by Crippen LogP contribution is -2.41. The lowest BCUT2D eigenvalue weighted by molar-refractivity contribution is 0.0257. The van der Waals surface area contributed by atoms with Crippen molar-refractivity contribution in [3.05, 3.63) is 17.5 Å². The van der Waals surface area contributed by atoms with Crippen molar-refractivity contribution in [1.29, 1.82) is 0 Å². The van der Waals surface area contributed by atoms with Gasteiger partial charge in [-0.3, -0.25) is 9.48 Å². The van der Waals surface area contributed by atoms with Gasteiger partial charge < -0.3 is 14.7 Å². The summed E-state index contributed by atoms with van der Waals surface area (Å²) in [6.45, 7) is 1.08. The number of hydrogen-bond acceptors (Lipinski definition) is 4. The molecule has 0 radical (unpaired) electrons. The van der Waals surface area contributed by atoms with Crippen LogP contribution in [0.3, 0.4) is 0 Å². The number of morpholine rings is 1. The van der Waals surface area contributed by atoms with Gasteiger partial charge in [0, 0.05) is 13.6 Å². The Kier molecular flexibility index (Phi) is 2.37. The van der Waals surface area contributed by atoms with Crippen molar-refractivity contribution in [3.8, 4) is 0 Å². The number of carbonyl (C=O) groups excluding carboxylic acids is 1. The molecule has 2 aliphatic heterocycles. The third-order valence-electron chi connectivity index (χ3n) is 3.53. The number of nitrogens with zero attached hydrogens (tertiary/aromatic N) is 3. The minimum Gasteiger partial charge on any atom is -0.477 e. The molecule has 96 valence electrons. The maximum atomic E-state index is 12.3. The van der Waals surface area contributed by atoms with Crippen LogP contribution in [0.25, 0.3) is 0 Å². The van der Waals surface area contributed by atoms with E-state index in [0.29, 0.717) is 13.2 Å². The Bertz CT molecular complexity index is 524. The Morgan fingerprint density at radius 2 is 2.33 bits per heavy atom. The topological polar surface area (TPSA) is 84.7 Å². The van der Waals surface area contributed by atoms with Crippen LogP contribution in [-0.2, 0) is 11.8 Å². The van der Waals surface area contributed by atoms with Crippen molar-refractivity contribution in [2.24, 2.45) is 7.05 Å². The SMILES string of the molecule is Cn1ncc(C(=O)N2C[C@@H]3C[C@H]2CO3)c1C(=O)O. The molecule has 2 saturated heterocycles. The van der Waals surface area contributed by atoms with Crippen molar-refractivity contribution >= 4 is 11.9 Å². The number of carboxylic acid groups (broad SMARTS) is 1. The molecular formula is C11H13N3O4. The maximum absolute atomic E-state index is 12.3. The zero-order chi connectivity index (χ0) is 12.9. The molecule has 7 heteroatoms. The quantitative estimate of drug-likeness (QED) is 0.782. The highest BCUT2D eigenvalue weighted by atomic mass is 16.5. The third-order valence-corrected chi connectivity index (χ3v) is 3.53. The molecule has 1 aromatic rings. The van der Waals surface area contributed by atoms with Gasteiger partial charge in [-0.1, -0.05) is 0 Å². The van der Waals surface area contributed by atoms with Gasteiger partial charge in [0.1, 0.15) is 0 Å². The first-order valence-electron chi connectivity index (χ1n) is 5.75. The largest absolute Gasteiger partial charge is 0.477 e. The summed E-state index contributed by atoms with van der Waals surface area (Å²) >= 11 is 0. The molecule has 0 saturated carbocycles. The number of aromatic carboxylic acids is 1. The highest BCUT2D eigenvalue weighted by Gasteiger charge is 2.42. The lowest BCUT2D eigenvalue weighted by atomic mass is 10.2. The highest BCUT2D eigenvalue weighted by Crippen LogP contribution is 2.29. The lowest BCUT2D eigenvalue weighted by Gasteiger charge is -2.26. The van der Waals surface area contributed by atoms with Crippen molar-refractivity contribution in [2.45, 2.75) is 18.6 Å². The molecule has 2 fully saturated rings. The van der Waals surface area contributed by atoms with E-state index in [1.807, 2.05) is 0 Å². The number of fused-ring (bicyclic) bond motifs is 2. The standard InChI is InChI=1S/C11H13N3O4/c1-13-9(11(16)17)8(3-12-13)10(15)14-4-7-2-6(14)5-18-7/h3,6-7H,2,4-5H2,1H3,(H,16,17)/t6-,7-/m0/s1. The molecule has 7 nitrogen and oxygen atoms in total. The molecule has 0 aliphatic carbocycles. The smallest absolute Gasteiger partial charge is 0.354 e. The second-order valence-electron chi connectivity index (χ2n) is 4.64. The van der Waals surface area contributed by atoms with Gasteiger partial charge >= 0.3 is 5.97 Å². The summed E-state index contributed by atoms with van der Waals surface area (Å²) in [5.41, 5.74) is 0.0845. The molecular weight excluding hydrogens is 238 g/mol. The number of rotatable bonds is 2. The number of amides is 1. The van der Waals surface area contributed by atoms with Gasteiger partial charge in [-0.2, -0.15) is 5.10 Å². The number of ether oxygens (including phenoxy) is 1. The number of carboxylic acids is 1. The van der Waals surface area contributed by atoms with Gasteiger partial charge in [-0.15, -0.1) is 0 Å². The molecule has 0 aromatic carbocycles. The summed E-state index contributed by atoms with van der Waals surface area (Å²) < 4.78 is 6.63. The van der Waals surface area contributed by atoms with Crippen LogP contribution in [0, 0.1) is 0 Å².